The number of aromatic nitrogens is 2. The minimum atomic E-state index is 0. The van der Waals surface area contributed by atoms with Crippen LogP contribution in [0.3, 0.4) is 0 Å². The number of nitrogens with zero attached hydrogens (tertiary/aromatic N) is 3. The van der Waals surface area contributed by atoms with Crippen molar-refractivity contribution in [2.45, 2.75) is 45.1 Å². The topological polar surface area (TPSA) is 41.0 Å². The molecule has 0 radical (unpaired) electrons. The summed E-state index contributed by atoms with van der Waals surface area (Å²) in [5, 5.41) is 3.59. The molecule has 0 amide bonds. The summed E-state index contributed by atoms with van der Waals surface area (Å²) in [6, 6.07) is 2.64. The minimum Gasteiger partial charge on any atom is -0.367 e. The summed E-state index contributed by atoms with van der Waals surface area (Å²) in [6.07, 6.45) is 6.25. The summed E-state index contributed by atoms with van der Waals surface area (Å²) in [5.41, 5.74) is 1.16. The van der Waals surface area contributed by atoms with Crippen molar-refractivity contribution in [3.8, 4) is 0 Å². The second-order valence-electron chi connectivity index (χ2n) is 6.79. The van der Waals surface area contributed by atoms with Gasteiger partial charge in [0.25, 0.3) is 0 Å². The third-order valence-corrected chi connectivity index (χ3v) is 4.58. The number of rotatable bonds is 5. The highest BCUT2D eigenvalue weighted by Crippen LogP contribution is 2.22. The maximum absolute atomic E-state index is 4.39. The molecule has 0 atom stereocenters. The molecule has 1 N–H and O–H groups in total. The largest absolute Gasteiger partial charge is 0.367 e. The molecule has 0 spiro atoms. The van der Waals surface area contributed by atoms with E-state index in [-0.39, 0.29) is 6.84 Å². The number of anilines is 1. The van der Waals surface area contributed by atoms with Gasteiger partial charge in [-0.1, -0.05) is 20.8 Å². The van der Waals surface area contributed by atoms with Gasteiger partial charge in [0.15, 0.2) is 0 Å². The lowest BCUT2D eigenvalue weighted by Gasteiger charge is -2.32. The monoisotopic (exact) mass is 310 g/mol. The number of thioether (sulfide) groups is 1. The molecule has 1 aliphatic rings. The molecular weight excluding hydrogens is 280 g/mol. The van der Waals surface area contributed by atoms with Crippen molar-refractivity contribution in [1.29, 1.82) is 0 Å². The molecule has 2 rings (SSSR count). The molecule has 1 aromatic heterocycles. The molecular formula is C16H30N4S. The van der Waals surface area contributed by atoms with Gasteiger partial charge in [0.1, 0.15) is 12.1 Å². The highest BCUT2D eigenvalue weighted by atomic mass is 32.2. The van der Waals surface area contributed by atoms with Gasteiger partial charge in [-0.2, -0.15) is 11.8 Å². The van der Waals surface area contributed by atoms with Crippen LogP contribution >= 0.6 is 11.8 Å². The Hall–Kier alpha value is -0.810. The van der Waals surface area contributed by atoms with E-state index in [4.69, 9.17) is 0 Å². The Morgan fingerprint density at radius 1 is 1.33 bits per heavy atom. The fraction of sp³-hybridized carbons (Fsp3) is 0.750. The Morgan fingerprint density at radius 2 is 2.05 bits per heavy atom. The molecule has 1 aromatic rings. The van der Waals surface area contributed by atoms with Crippen molar-refractivity contribution in [2.24, 2.45) is 0 Å². The van der Waals surface area contributed by atoms with Crippen LogP contribution in [-0.2, 0) is 5.41 Å². The van der Waals surface area contributed by atoms with Gasteiger partial charge in [-0.25, -0.2) is 9.97 Å². The normalized spacial score (nSPS) is 17.9. The average Bonchev–Trinajstić information content (AvgIpc) is 2.46. The first kappa shape index (κ1) is 16.6. The van der Waals surface area contributed by atoms with Gasteiger partial charge >= 0.3 is 0 Å². The molecule has 120 valence electrons. The summed E-state index contributed by atoms with van der Waals surface area (Å²) in [4.78, 5) is 11.3. The van der Waals surface area contributed by atoms with Crippen LogP contribution in [0.25, 0.3) is 0 Å². The zero-order valence-electron chi connectivity index (χ0n) is 13.7. The third kappa shape index (κ3) is 5.15. The van der Waals surface area contributed by atoms with Crippen molar-refractivity contribution in [3.05, 3.63) is 18.1 Å². The average molecular weight is 311 g/mol. The predicted molar refractivity (Wildman–Crippen MR) is 94.3 cm³/mol. The molecule has 0 aromatic carbocycles. The van der Waals surface area contributed by atoms with Crippen LogP contribution in [0.1, 0.15) is 40.7 Å². The lowest BCUT2D eigenvalue weighted by molar-refractivity contribution is 0.231. The quantitative estimate of drug-likeness (QED) is 0.904. The van der Waals surface area contributed by atoms with Crippen molar-refractivity contribution in [2.75, 3.05) is 37.0 Å². The fourth-order valence-electron chi connectivity index (χ4n) is 2.58. The Labute approximate surface area is 134 Å². The summed E-state index contributed by atoms with van der Waals surface area (Å²) in [7, 11) is 0. The Bertz CT molecular complexity index is 442. The van der Waals surface area contributed by atoms with E-state index in [0.717, 1.165) is 11.5 Å². The van der Waals surface area contributed by atoms with E-state index < -0.39 is 0 Å². The van der Waals surface area contributed by atoms with E-state index in [1.165, 1.54) is 38.2 Å². The minimum absolute atomic E-state index is 0. The number of piperidine rings is 1. The first-order chi connectivity index (χ1) is 9.99. The van der Waals surface area contributed by atoms with Gasteiger partial charge < -0.3 is 10.2 Å². The molecule has 5 heteroatoms. The molecule has 0 saturated carbocycles. The lowest BCUT2D eigenvalue weighted by Crippen LogP contribution is -2.40. The Morgan fingerprint density at radius 3 is 2.67 bits per heavy atom. The van der Waals surface area contributed by atoms with Gasteiger partial charge in [-0.15, -0.1) is 0 Å². The van der Waals surface area contributed by atoms with Crippen LogP contribution in [0, 0.1) is 0 Å². The summed E-state index contributed by atoms with van der Waals surface area (Å²) >= 11 is 1.93. The van der Waals surface area contributed by atoms with Crippen molar-refractivity contribution < 1.29 is 1.43 Å². The number of hydrogen-bond acceptors (Lipinski definition) is 5. The molecule has 1 aliphatic heterocycles. The molecule has 0 bridgehead atoms. The highest BCUT2D eigenvalue weighted by Gasteiger charge is 2.20. The van der Waals surface area contributed by atoms with E-state index in [1.807, 2.05) is 11.8 Å². The maximum Gasteiger partial charge on any atom is 0.129 e. The molecule has 0 aliphatic carbocycles. The Balaban J connectivity index is 0.00000242. The number of likely N-dealkylation sites (tertiary alicyclic amines) is 1. The zero-order valence-corrected chi connectivity index (χ0v) is 14.5. The van der Waals surface area contributed by atoms with Crippen molar-refractivity contribution >= 4 is 17.6 Å². The van der Waals surface area contributed by atoms with Gasteiger partial charge in [-0.3, -0.25) is 0 Å². The van der Waals surface area contributed by atoms with Crippen LogP contribution in [0.4, 0.5) is 5.82 Å². The maximum atomic E-state index is 4.39. The summed E-state index contributed by atoms with van der Waals surface area (Å²) in [5.74, 6) is 2.20. The first-order valence-electron chi connectivity index (χ1n) is 7.79. The zero-order chi connectivity index (χ0) is 15.3. The lowest BCUT2D eigenvalue weighted by atomic mass is 9.92. The second-order valence-corrected chi connectivity index (χ2v) is 7.78. The van der Waals surface area contributed by atoms with Crippen LogP contribution < -0.4 is 5.32 Å². The van der Waals surface area contributed by atoms with Crippen LogP contribution in [0.15, 0.2) is 12.4 Å². The van der Waals surface area contributed by atoms with Crippen molar-refractivity contribution in [1.82, 2.24) is 14.9 Å². The number of nitrogens with one attached hydrogen (secondary N) is 1. The van der Waals surface area contributed by atoms with E-state index in [2.05, 4.69) is 53.3 Å². The molecule has 4 nitrogen and oxygen atoms in total. The van der Waals surface area contributed by atoms with Crippen LogP contribution in [0.5, 0.6) is 0 Å². The molecule has 0 unspecified atom stereocenters. The standard InChI is InChI=1S/C16H28N4S.H2/c1-16(2,3)14-11-15(18-12-17-14)19-13-5-7-20(8-6-13)9-10-21-4;/h11-13H,5-10H2,1-4H3,(H,17,18,19);1H. The first-order valence-corrected chi connectivity index (χ1v) is 9.19. The number of hydrogen-bond donors (Lipinski definition) is 1. The highest BCUT2D eigenvalue weighted by molar-refractivity contribution is 7.98. The Kier molecular flexibility index (Phi) is 5.88. The molecule has 2 heterocycles. The van der Waals surface area contributed by atoms with E-state index in [9.17, 15) is 0 Å². The predicted octanol–water partition coefficient (Wildman–Crippen LogP) is 3.26. The smallest absolute Gasteiger partial charge is 0.129 e. The summed E-state index contributed by atoms with van der Waals surface area (Å²) in [6.45, 7) is 10.1. The van der Waals surface area contributed by atoms with E-state index in [1.54, 1.807) is 6.33 Å². The molecule has 21 heavy (non-hydrogen) atoms. The van der Waals surface area contributed by atoms with Gasteiger partial charge in [-0.05, 0) is 19.1 Å². The van der Waals surface area contributed by atoms with Crippen molar-refractivity contribution in [3.63, 3.8) is 0 Å². The summed E-state index contributed by atoms with van der Waals surface area (Å²) < 4.78 is 0. The third-order valence-electron chi connectivity index (χ3n) is 3.99. The van der Waals surface area contributed by atoms with Crippen LogP contribution in [-0.4, -0.2) is 52.6 Å². The second kappa shape index (κ2) is 7.45. The molecule has 1 fully saturated rings. The van der Waals surface area contributed by atoms with Gasteiger partial charge in [0.2, 0.25) is 0 Å². The SMILES string of the molecule is CSCCN1CCC(Nc2cc(C(C)(C)C)ncn2)CC1.[HH]. The van der Waals surface area contributed by atoms with Gasteiger partial charge in [0, 0.05) is 44.3 Å². The fourth-order valence-corrected chi connectivity index (χ4v) is 3.02. The van der Waals surface area contributed by atoms with E-state index in [0.29, 0.717) is 6.04 Å². The van der Waals surface area contributed by atoms with Crippen LogP contribution in [0.2, 0.25) is 0 Å². The van der Waals surface area contributed by atoms with Gasteiger partial charge in [0.05, 0.1) is 5.69 Å². The molecule has 1 saturated heterocycles. The van der Waals surface area contributed by atoms with E-state index >= 15 is 0 Å².